The maximum Gasteiger partial charge on any atom is 0.222 e. The van der Waals surface area contributed by atoms with Gasteiger partial charge in [0.25, 0.3) is 0 Å². The van der Waals surface area contributed by atoms with E-state index in [2.05, 4.69) is 4.99 Å². The Morgan fingerprint density at radius 3 is 3.00 bits per heavy atom. The maximum atomic E-state index is 10.3. The molecule has 2 unspecified atom stereocenters. The molecule has 74 valence electrons. The van der Waals surface area contributed by atoms with Gasteiger partial charge in [0.2, 0.25) is 5.91 Å². The van der Waals surface area contributed by atoms with Crippen LogP contribution in [0.25, 0.3) is 0 Å². The number of aliphatic hydroxyl groups is 1. The first-order valence-corrected chi connectivity index (χ1v) is 4.28. The van der Waals surface area contributed by atoms with Crippen LogP contribution < -0.4 is 5.73 Å². The number of nitrogens with zero attached hydrogens (tertiary/aromatic N) is 1. The molecular weight excluding hydrogens is 172 g/mol. The van der Waals surface area contributed by atoms with Crippen molar-refractivity contribution in [3.8, 4) is 0 Å². The van der Waals surface area contributed by atoms with E-state index in [-0.39, 0.29) is 25.4 Å². The first-order chi connectivity index (χ1) is 6.22. The van der Waals surface area contributed by atoms with Gasteiger partial charge >= 0.3 is 0 Å². The fraction of sp³-hybridized carbons (Fsp3) is 0.750. The van der Waals surface area contributed by atoms with E-state index < -0.39 is 5.91 Å². The number of nitrogens with two attached hydrogens (primary N) is 1. The van der Waals surface area contributed by atoms with E-state index >= 15 is 0 Å². The average molecular weight is 186 g/mol. The van der Waals surface area contributed by atoms with Crippen LogP contribution in [-0.2, 0) is 9.53 Å². The van der Waals surface area contributed by atoms with Crippen molar-refractivity contribution in [1.29, 1.82) is 0 Å². The van der Waals surface area contributed by atoms with Crippen molar-refractivity contribution in [1.82, 2.24) is 0 Å². The lowest BCUT2D eigenvalue weighted by Crippen LogP contribution is -2.14. The summed E-state index contributed by atoms with van der Waals surface area (Å²) in [5, 5.41) is 8.75. The lowest BCUT2D eigenvalue weighted by molar-refractivity contribution is -0.116. The third-order valence-electron chi connectivity index (χ3n) is 1.85. The third kappa shape index (κ3) is 3.52. The molecule has 1 heterocycles. The van der Waals surface area contributed by atoms with Crippen LogP contribution in [0.3, 0.4) is 0 Å². The van der Waals surface area contributed by atoms with Crippen molar-refractivity contribution in [2.24, 2.45) is 10.7 Å². The molecular formula is C8H14N2O3. The molecule has 0 aromatic heterocycles. The highest BCUT2D eigenvalue weighted by atomic mass is 16.5. The molecule has 0 radical (unpaired) electrons. The Morgan fingerprint density at radius 2 is 2.46 bits per heavy atom. The zero-order chi connectivity index (χ0) is 9.68. The summed E-state index contributed by atoms with van der Waals surface area (Å²) in [6, 6.07) is 0. The van der Waals surface area contributed by atoms with Gasteiger partial charge < -0.3 is 15.6 Å². The van der Waals surface area contributed by atoms with Gasteiger partial charge in [-0.2, -0.15) is 0 Å². The lowest BCUT2D eigenvalue weighted by atomic mass is 10.2. The minimum absolute atomic E-state index is 0.0296. The number of carbonyl (C=O) groups excluding carboxylic acids is 1. The van der Waals surface area contributed by atoms with E-state index in [4.69, 9.17) is 15.6 Å². The summed E-state index contributed by atoms with van der Waals surface area (Å²) in [6.45, 7) is 0.0296. The minimum atomic E-state index is -0.402. The number of hydrogen-bond donors (Lipinski definition) is 2. The van der Waals surface area contributed by atoms with Gasteiger partial charge in [0.05, 0.1) is 19.1 Å². The van der Waals surface area contributed by atoms with E-state index in [1.165, 1.54) is 6.21 Å². The molecule has 0 aromatic rings. The Morgan fingerprint density at radius 1 is 1.69 bits per heavy atom. The van der Waals surface area contributed by atoms with Crippen LogP contribution in [0.15, 0.2) is 4.99 Å². The number of ether oxygens (including phenoxy) is 1. The van der Waals surface area contributed by atoms with Gasteiger partial charge in [0, 0.05) is 6.21 Å². The number of aliphatic imine (C=N–C) groups is 1. The molecule has 1 aliphatic heterocycles. The summed E-state index contributed by atoms with van der Waals surface area (Å²) in [4.78, 5) is 14.3. The molecule has 0 bridgehead atoms. The van der Waals surface area contributed by atoms with Gasteiger partial charge in [-0.3, -0.25) is 9.79 Å². The minimum Gasteiger partial charge on any atom is -0.394 e. The zero-order valence-electron chi connectivity index (χ0n) is 7.35. The van der Waals surface area contributed by atoms with Crippen LogP contribution in [-0.4, -0.2) is 36.2 Å². The molecule has 0 aliphatic carbocycles. The average Bonchev–Trinajstić information content (AvgIpc) is 2.52. The summed E-state index contributed by atoms with van der Waals surface area (Å²) in [5.74, 6) is -0.402. The molecule has 1 aliphatic rings. The lowest BCUT2D eigenvalue weighted by Gasteiger charge is -2.06. The molecule has 0 aromatic carbocycles. The summed E-state index contributed by atoms with van der Waals surface area (Å²) in [7, 11) is 0. The molecule has 1 amide bonds. The van der Waals surface area contributed by atoms with Crippen LogP contribution >= 0.6 is 0 Å². The number of carbonyl (C=O) groups is 1. The molecule has 0 saturated carbocycles. The molecule has 13 heavy (non-hydrogen) atoms. The second kappa shape index (κ2) is 4.94. The molecule has 1 fully saturated rings. The molecule has 5 nitrogen and oxygen atoms in total. The molecule has 1 saturated heterocycles. The van der Waals surface area contributed by atoms with Crippen LogP contribution in [0, 0.1) is 0 Å². The molecule has 1 rings (SSSR count). The number of rotatable bonds is 4. The van der Waals surface area contributed by atoms with Crippen LogP contribution in [0.1, 0.15) is 19.3 Å². The maximum absolute atomic E-state index is 10.3. The Kier molecular flexibility index (Phi) is 3.85. The Hall–Kier alpha value is -0.940. The third-order valence-corrected chi connectivity index (χ3v) is 1.85. The first kappa shape index (κ1) is 10.1. The number of primary amides is 1. The van der Waals surface area contributed by atoms with E-state index in [9.17, 15) is 4.79 Å². The van der Waals surface area contributed by atoms with E-state index in [1.807, 2.05) is 0 Å². The van der Waals surface area contributed by atoms with Crippen LogP contribution in [0.4, 0.5) is 0 Å². The molecule has 3 N–H and O–H groups in total. The van der Waals surface area contributed by atoms with Gasteiger partial charge in [0.15, 0.2) is 0 Å². The standard InChI is InChI=1S/C8H14N2O3/c9-7(12)3-4-10-8-2-1-6(5-11)13-8/h4,6,8,11H,1-3,5H2,(H2,9,12). The van der Waals surface area contributed by atoms with Gasteiger partial charge in [-0.1, -0.05) is 0 Å². The molecule has 2 atom stereocenters. The fourth-order valence-electron chi connectivity index (χ4n) is 1.19. The predicted molar refractivity (Wildman–Crippen MR) is 47.3 cm³/mol. The number of aliphatic hydroxyl groups excluding tert-OH is 1. The second-order valence-corrected chi connectivity index (χ2v) is 2.97. The quantitative estimate of drug-likeness (QED) is 0.576. The van der Waals surface area contributed by atoms with Crippen molar-refractivity contribution >= 4 is 12.1 Å². The van der Waals surface area contributed by atoms with Crippen LogP contribution in [0.2, 0.25) is 0 Å². The summed E-state index contributed by atoms with van der Waals surface area (Å²) >= 11 is 0. The second-order valence-electron chi connectivity index (χ2n) is 2.97. The Bertz CT molecular complexity index is 206. The van der Waals surface area contributed by atoms with Crippen molar-refractivity contribution < 1.29 is 14.6 Å². The fourth-order valence-corrected chi connectivity index (χ4v) is 1.19. The van der Waals surface area contributed by atoms with E-state index in [0.29, 0.717) is 0 Å². The Balaban J connectivity index is 2.23. The van der Waals surface area contributed by atoms with Crippen LogP contribution in [0.5, 0.6) is 0 Å². The van der Waals surface area contributed by atoms with E-state index in [1.54, 1.807) is 0 Å². The smallest absolute Gasteiger partial charge is 0.222 e. The topological polar surface area (TPSA) is 84.9 Å². The number of amides is 1. The predicted octanol–water partition coefficient (Wildman–Crippen LogP) is -0.570. The molecule has 0 spiro atoms. The van der Waals surface area contributed by atoms with Crippen molar-refractivity contribution in [2.45, 2.75) is 31.6 Å². The number of hydrogen-bond acceptors (Lipinski definition) is 4. The zero-order valence-corrected chi connectivity index (χ0v) is 7.35. The van der Waals surface area contributed by atoms with E-state index in [0.717, 1.165) is 12.8 Å². The summed E-state index contributed by atoms with van der Waals surface area (Å²) in [6.07, 6.45) is 2.90. The van der Waals surface area contributed by atoms with Gasteiger partial charge in [-0.05, 0) is 12.8 Å². The Labute approximate surface area is 76.6 Å². The van der Waals surface area contributed by atoms with Crippen molar-refractivity contribution in [3.05, 3.63) is 0 Å². The van der Waals surface area contributed by atoms with Gasteiger partial charge in [0.1, 0.15) is 6.23 Å². The van der Waals surface area contributed by atoms with Gasteiger partial charge in [-0.15, -0.1) is 0 Å². The van der Waals surface area contributed by atoms with Crippen molar-refractivity contribution in [3.63, 3.8) is 0 Å². The highest BCUT2D eigenvalue weighted by Crippen LogP contribution is 2.19. The summed E-state index contributed by atoms with van der Waals surface area (Å²) in [5.41, 5.74) is 4.92. The summed E-state index contributed by atoms with van der Waals surface area (Å²) < 4.78 is 5.29. The normalized spacial score (nSPS) is 28.4. The SMILES string of the molecule is NC(=O)CC=NC1CCC(CO)O1. The first-order valence-electron chi connectivity index (χ1n) is 4.28. The van der Waals surface area contributed by atoms with Crippen molar-refractivity contribution in [2.75, 3.05) is 6.61 Å². The monoisotopic (exact) mass is 186 g/mol. The highest BCUT2D eigenvalue weighted by molar-refractivity contribution is 5.88. The highest BCUT2D eigenvalue weighted by Gasteiger charge is 2.23. The van der Waals surface area contributed by atoms with Gasteiger partial charge in [-0.25, -0.2) is 0 Å². The largest absolute Gasteiger partial charge is 0.394 e. The molecule has 5 heteroatoms.